The van der Waals surface area contributed by atoms with E-state index in [0.29, 0.717) is 22.2 Å². The summed E-state index contributed by atoms with van der Waals surface area (Å²) in [5, 5.41) is 8.33. The normalized spacial score (nSPS) is 16.2. The van der Waals surface area contributed by atoms with Gasteiger partial charge in [0.05, 0.1) is 17.0 Å². The van der Waals surface area contributed by atoms with E-state index in [2.05, 4.69) is 10.4 Å². The van der Waals surface area contributed by atoms with E-state index in [9.17, 15) is 12.8 Å². The van der Waals surface area contributed by atoms with Gasteiger partial charge >= 0.3 is 0 Å². The maximum absolute atomic E-state index is 13.8. The van der Waals surface area contributed by atoms with E-state index in [-0.39, 0.29) is 17.5 Å². The minimum absolute atomic E-state index is 0.133. The van der Waals surface area contributed by atoms with Gasteiger partial charge in [0.1, 0.15) is 5.82 Å². The highest BCUT2D eigenvalue weighted by Crippen LogP contribution is 2.32. The molecule has 0 bridgehead atoms. The zero-order valence-corrected chi connectivity index (χ0v) is 15.0. The molecule has 4 rings (SSSR count). The Morgan fingerprint density at radius 3 is 2.58 bits per heavy atom. The van der Waals surface area contributed by atoms with Gasteiger partial charge in [-0.25, -0.2) is 12.8 Å². The van der Waals surface area contributed by atoms with Crippen LogP contribution in [0.25, 0.3) is 10.9 Å². The van der Waals surface area contributed by atoms with E-state index in [1.165, 1.54) is 18.2 Å². The van der Waals surface area contributed by atoms with Crippen molar-refractivity contribution in [2.45, 2.75) is 24.5 Å². The van der Waals surface area contributed by atoms with Gasteiger partial charge in [-0.2, -0.15) is 9.19 Å². The van der Waals surface area contributed by atoms with Crippen LogP contribution in [0.1, 0.15) is 30.0 Å². The maximum Gasteiger partial charge on any atom is 0.258 e. The van der Waals surface area contributed by atoms with Gasteiger partial charge in [-0.3, -0.25) is 0 Å². The molecule has 0 atom stereocenters. The van der Waals surface area contributed by atoms with Gasteiger partial charge in [0, 0.05) is 11.3 Å². The van der Waals surface area contributed by atoms with Crippen LogP contribution in [-0.2, 0) is 15.8 Å². The lowest BCUT2D eigenvalue weighted by molar-refractivity contribution is 0.453. The van der Waals surface area contributed by atoms with Crippen LogP contribution in [0.2, 0.25) is 0 Å². The molecule has 0 spiro atoms. The molecular weight excluding hydrogens is 353 g/mol. The highest BCUT2D eigenvalue weighted by Gasteiger charge is 2.26. The summed E-state index contributed by atoms with van der Waals surface area (Å²) in [7, 11) is -3.70. The smallest absolute Gasteiger partial charge is 0.258 e. The molecule has 7 heteroatoms. The van der Waals surface area contributed by atoms with Crippen LogP contribution in [0, 0.1) is 5.82 Å². The zero-order chi connectivity index (χ0) is 18.1. The minimum Gasteiger partial charge on any atom is -0.317 e. The molecule has 0 amide bonds. The number of rotatable bonds is 4. The van der Waals surface area contributed by atoms with Crippen molar-refractivity contribution in [3.8, 4) is 0 Å². The molecule has 1 fully saturated rings. The van der Waals surface area contributed by atoms with Crippen LogP contribution in [0.15, 0.2) is 48.5 Å². The molecule has 0 unspecified atom stereocenters. The lowest BCUT2D eigenvalue weighted by Crippen LogP contribution is -2.27. The zero-order valence-electron chi connectivity index (χ0n) is 14.2. The monoisotopic (exact) mass is 373 g/mol. The summed E-state index contributed by atoms with van der Waals surface area (Å²) < 4.78 is 40.9. The summed E-state index contributed by atoms with van der Waals surface area (Å²) in [6, 6.07) is 13.2. The van der Waals surface area contributed by atoms with Crippen molar-refractivity contribution in [3.63, 3.8) is 0 Å². The van der Waals surface area contributed by atoms with Gasteiger partial charge in [-0.05, 0) is 49.7 Å². The lowest BCUT2D eigenvalue weighted by atomic mass is 9.92. The Morgan fingerprint density at radius 1 is 1.12 bits per heavy atom. The Morgan fingerprint density at radius 2 is 1.85 bits per heavy atom. The Labute approximate surface area is 151 Å². The van der Waals surface area contributed by atoms with E-state index < -0.39 is 10.0 Å². The summed E-state index contributed by atoms with van der Waals surface area (Å²) >= 11 is 0. The summed E-state index contributed by atoms with van der Waals surface area (Å²) in [5.41, 5.74) is 1.81. The molecule has 1 aliphatic rings. The number of halogens is 1. The predicted molar refractivity (Wildman–Crippen MR) is 99.0 cm³/mol. The molecule has 1 N–H and O–H groups in total. The third-order valence-electron chi connectivity index (χ3n) is 4.82. The second-order valence-corrected chi connectivity index (χ2v) is 8.45. The second-order valence-electron chi connectivity index (χ2n) is 6.66. The first-order valence-corrected chi connectivity index (χ1v) is 10.3. The van der Waals surface area contributed by atoms with E-state index in [4.69, 9.17) is 0 Å². The Kier molecular flexibility index (Phi) is 4.50. The average Bonchev–Trinajstić information content (AvgIpc) is 3.02. The van der Waals surface area contributed by atoms with Crippen molar-refractivity contribution in [1.29, 1.82) is 0 Å². The maximum atomic E-state index is 13.8. The van der Waals surface area contributed by atoms with Crippen molar-refractivity contribution < 1.29 is 12.8 Å². The average molecular weight is 373 g/mol. The minimum atomic E-state index is -3.70. The Balaban J connectivity index is 1.82. The van der Waals surface area contributed by atoms with Crippen molar-refractivity contribution in [2.24, 2.45) is 0 Å². The van der Waals surface area contributed by atoms with Crippen LogP contribution < -0.4 is 5.32 Å². The van der Waals surface area contributed by atoms with Gasteiger partial charge in [-0.1, -0.05) is 30.3 Å². The highest BCUT2D eigenvalue weighted by molar-refractivity contribution is 7.89. The number of piperidine rings is 1. The molecule has 1 aliphatic heterocycles. The quantitative estimate of drug-likeness (QED) is 0.764. The number of nitrogens with one attached hydrogen (secondary N) is 1. The molecule has 0 radical (unpaired) electrons. The topological polar surface area (TPSA) is 64.0 Å². The molecule has 136 valence electrons. The number of fused-ring (bicyclic) bond motifs is 1. The Bertz CT molecular complexity index is 1030. The third-order valence-corrected chi connectivity index (χ3v) is 6.32. The van der Waals surface area contributed by atoms with Crippen molar-refractivity contribution in [2.75, 3.05) is 13.1 Å². The van der Waals surface area contributed by atoms with Crippen LogP contribution in [0.4, 0.5) is 4.39 Å². The number of benzene rings is 2. The summed E-state index contributed by atoms with van der Waals surface area (Å²) in [4.78, 5) is 0. The van der Waals surface area contributed by atoms with Gasteiger partial charge in [0.15, 0.2) is 0 Å². The molecule has 0 saturated carbocycles. The fourth-order valence-electron chi connectivity index (χ4n) is 3.54. The van der Waals surface area contributed by atoms with Crippen molar-refractivity contribution in [1.82, 2.24) is 14.5 Å². The fraction of sp³-hybridized carbons (Fsp3) is 0.316. The largest absolute Gasteiger partial charge is 0.317 e. The number of hydrogen-bond donors (Lipinski definition) is 1. The number of hydrogen-bond acceptors (Lipinski definition) is 4. The van der Waals surface area contributed by atoms with E-state index >= 15 is 0 Å². The Hall–Kier alpha value is -2.25. The summed E-state index contributed by atoms with van der Waals surface area (Å²) in [6.07, 6.45) is 1.72. The molecule has 5 nitrogen and oxygen atoms in total. The van der Waals surface area contributed by atoms with Gasteiger partial charge in [0.2, 0.25) is 0 Å². The molecule has 2 aromatic carbocycles. The van der Waals surface area contributed by atoms with Crippen LogP contribution >= 0.6 is 0 Å². The first kappa shape index (κ1) is 17.2. The predicted octanol–water partition coefficient (Wildman–Crippen LogP) is 3.02. The van der Waals surface area contributed by atoms with Gasteiger partial charge in [0.25, 0.3) is 10.0 Å². The number of aromatic nitrogens is 2. The molecule has 1 saturated heterocycles. The van der Waals surface area contributed by atoms with Crippen LogP contribution in [-0.4, -0.2) is 30.7 Å². The van der Waals surface area contributed by atoms with Crippen molar-refractivity contribution >= 4 is 20.9 Å². The second kappa shape index (κ2) is 6.81. The van der Waals surface area contributed by atoms with E-state index in [0.717, 1.165) is 30.0 Å². The molecule has 1 aromatic heterocycles. The molecular formula is C19H20FN3O2S. The van der Waals surface area contributed by atoms with E-state index in [1.54, 1.807) is 12.1 Å². The van der Waals surface area contributed by atoms with Crippen LogP contribution in [0.3, 0.4) is 0 Å². The lowest BCUT2D eigenvalue weighted by Gasteiger charge is -2.21. The first-order valence-electron chi connectivity index (χ1n) is 8.71. The van der Waals surface area contributed by atoms with E-state index in [1.807, 2.05) is 18.2 Å². The summed E-state index contributed by atoms with van der Waals surface area (Å²) in [5.74, 6) is -0.394. The molecule has 3 aromatic rings. The molecule has 0 aliphatic carbocycles. The van der Waals surface area contributed by atoms with Gasteiger partial charge < -0.3 is 5.32 Å². The third kappa shape index (κ3) is 3.24. The van der Waals surface area contributed by atoms with Crippen molar-refractivity contribution in [3.05, 3.63) is 65.6 Å². The molecule has 26 heavy (non-hydrogen) atoms. The first-order chi connectivity index (χ1) is 12.5. The highest BCUT2D eigenvalue weighted by atomic mass is 32.2. The molecule has 2 heterocycles. The van der Waals surface area contributed by atoms with Crippen LogP contribution in [0.5, 0.6) is 0 Å². The summed E-state index contributed by atoms with van der Waals surface area (Å²) in [6.45, 7) is 1.70. The SMILES string of the molecule is O=S(=O)(Cc1ccccc1)n1nc(C2CCNCC2)c2cc(F)ccc21. The fourth-order valence-corrected chi connectivity index (χ4v) is 4.95. The number of nitrogens with zero attached hydrogens (tertiary/aromatic N) is 2. The standard InChI is InChI=1S/C19H20FN3O2S/c20-16-6-7-18-17(12-16)19(15-8-10-21-11-9-15)22-23(18)26(24,25)13-14-4-2-1-3-5-14/h1-7,12,15,21H,8-11,13H2. The van der Waals surface area contributed by atoms with Gasteiger partial charge in [-0.15, -0.1) is 0 Å².